The molecule has 2 heterocycles. The van der Waals surface area contributed by atoms with Gasteiger partial charge in [-0.1, -0.05) is 0 Å². The van der Waals surface area contributed by atoms with E-state index < -0.39 is 12.0 Å². The third kappa shape index (κ3) is 2.33. The topological polar surface area (TPSA) is 57.6 Å². The van der Waals surface area contributed by atoms with Gasteiger partial charge in [-0.2, -0.15) is 0 Å². The van der Waals surface area contributed by atoms with Crippen LogP contribution in [0, 0.1) is 10.5 Å². The van der Waals surface area contributed by atoms with Crippen LogP contribution in [0.1, 0.15) is 28.1 Å². The van der Waals surface area contributed by atoms with Gasteiger partial charge in [-0.25, -0.2) is 4.79 Å². The number of aryl methyl sites for hydroxylation is 1. The second-order valence-corrected chi connectivity index (χ2v) is 6.02. The lowest BCUT2D eigenvalue weighted by Gasteiger charge is -2.20. The van der Waals surface area contributed by atoms with E-state index in [1.165, 1.54) is 16.2 Å². The van der Waals surface area contributed by atoms with Gasteiger partial charge in [0.2, 0.25) is 0 Å². The number of carbonyl (C=O) groups is 2. The maximum absolute atomic E-state index is 12.3. The Morgan fingerprint density at radius 2 is 2.29 bits per heavy atom. The molecule has 2 rings (SSSR count). The molecule has 1 aromatic heterocycles. The number of rotatable bonds is 2. The van der Waals surface area contributed by atoms with Crippen molar-refractivity contribution in [3.05, 3.63) is 19.4 Å². The fourth-order valence-electron chi connectivity index (χ4n) is 1.97. The van der Waals surface area contributed by atoms with Crippen molar-refractivity contribution in [2.45, 2.75) is 25.8 Å². The lowest BCUT2D eigenvalue weighted by molar-refractivity contribution is -0.141. The lowest BCUT2D eigenvalue weighted by Crippen LogP contribution is -2.40. The number of carbonyl (C=O) groups excluding carboxylic acids is 1. The Morgan fingerprint density at radius 3 is 2.82 bits per heavy atom. The minimum absolute atomic E-state index is 0.141. The van der Waals surface area contributed by atoms with E-state index in [1.807, 2.05) is 12.3 Å². The highest BCUT2D eigenvalue weighted by Gasteiger charge is 2.35. The number of hydrogen-bond donors (Lipinski definition) is 1. The Kier molecular flexibility index (Phi) is 3.72. The minimum atomic E-state index is -0.904. The van der Waals surface area contributed by atoms with Gasteiger partial charge in [0.1, 0.15) is 10.9 Å². The van der Waals surface area contributed by atoms with Gasteiger partial charge in [0.25, 0.3) is 5.91 Å². The zero-order valence-electron chi connectivity index (χ0n) is 9.27. The van der Waals surface area contributed by atoms with Crippen molar-refractivity contribution in [3.8, 4) is 0 Å². The van der Waals surface area contributed by atoms with Crippen LogP contribution in [0.3, 0.4) is 0 Å². The van der Waals surface area contributed by atoms with Crippen molar-refractivity contribution in [1.82, 2.24) is 4.90 Å². The number of amides is 1. The fraction of sp³-hybridized carbons (Fsp3) is 0.455. The van der Waals surface area contributed by atoms with Crippen LogP contribution in [0.25, 0.3) is 0 Å². The van der Waals surface area contributed by atoms with E-state index in [-0.39, 0.29) is 5.91 Å². The Balaban J connectivity index is 2.26. The molecule has 0 saturated carbocycles. The number of hydrogen-bond acceptors (Lipinski definition) is 3. The van der Waals surface area contributed by atoms with E-state index in [0.29, 0.717) is 17.8 Å². The van der Waals surface area contributed by atoms with Gasteiger partial charge in [-0.05, 0) is 53.3 Å². The molecule has 1 amide bonds. The number of carboxylic acids is 1. The molecule has 0 radical (unpaired) electrons. The SMILES string of the molecule is Cc1csc(C(=O)N2CCC[C@H]2C(=O)O)c1I. The van der Waals surface area contributed by atoms with Gasteiger partial charge in [0.15, 0.2) is 0 Å². The maximum Gasteiger partial charge on any atom is 0.326 e. The standard InChI is InChI=1S/C11H12INO3S/c1-6-5-17-9(8(6)12)10(14)13-4-2-3-7(13)11(15)16/h5,7H,2-4H2,1H3,(H,15,16)/t7-/m0/s1. The normalized spacial score (nSPS) is 19.6. The summed E-state index contributed by atoms with van der Waals surface area (Å²) in [7, 11) is 0. The Morgan fingerprint density at radius 1 is 1.59 bits per heavy atom. The lowest BCUT2D eigenvalue weighted by atomic mass is 10.2. The third-order valence-electron chi connectivity index (χ3n) is 2.89. The summed E-state index contributed by atoms with van der Waals surface area (Å²) in [5.41, 5.74) is 1.07. The molecule has 1 aliphatic rings. The van der Waals surface area contributed by atoms with E-state index in [4.69, 9.17) is 5.11 Å². The van der Waals surface area contributed by atoms with Crippen LogP contribution < -0.4 is 0 Å². The van der Waals surface area contributed by atoms with Crippen LogP contribution >= 0.6 is 33.9 Å². The minimum Gasteiger partial charge on any atom is -0.480 e. The quantitative estimate of drug-likeness (QED) is 0.819. The molecule has 1 N–H and O–H groups in total. The average Bonchev–Trinajstić information content (AvgIpc) is 2.87. The van der Waals surface area contributed by atoms with Crippen LogP contribution in [-0.2, 0) is 4.79 Å². The summed E-state index contributed by atoms with van der Waals surface area (Å²) in [6.07, 6.45) is 1.33. The predicted molar refractivity (Wildman–Crippen MR) is 73.5 cm³/mol. The molecule has 0 aromatic carbocycles. The molecule has 1 aromatic rings. The van der Waals surface area contributed by atoms with Crippen molar-refractivity contribution in [1.29, 1.82) is 0 Å². The largest absolute Gasteiger partial charge is 0.480 e. The zero-order valence-corrected chi connectivity index (χ0v) is 12.2. The van der Waals surface area contributed by atoms with Gasteiger partial charge in [-0.3, -0.25) is 4.79 Å². The van der Waals surface area contributed by atoms with Crippen LogP contribution in [0.2, 0.25) is 0 Å². The first-order valence-corrected chi connectivity index (χ1v) is 7.25. The van der Waals surface area contributed by atoms with E-state index >= 15 is 0 Å². The highest BCUT2D eigenvalue weighted by atomic mass is 127. The number of aliphatic carboxylic acids is 1. The molecule has 4 nitrogen and oxygen atoms in total. The van der Waals surface area contributed by atoms with Crippen LogP contribution in [0.4, 0.5) is 0 Å². The Hall–Kier alpha value is -0.630. The van der Waals surface area contributed by atoms with Gasteiger partial charge < -0.3 is 10.0 Å². The van der Waals surface area contributed by atoms with Gasteiger partial charge in [0.05, 0.1) is 0 Å². The molecule has 1 saturated heterocycles. The van der Waals surface area contributed by atoms with Crippen LogP contribution in [-0.4, -0.2) is 34.5 Å². The molecular formula is C11H12INO3S. The van der Waals surface area contributed by atoms with E-state index in [9.17, 15) is 9.59 Å². The van der Waals surface area contributed by atoms with Crippen molar-refractivity contribution >= 4 is 45.8 Å². The summed E-state index contributed by atoms with van der Waals surface area (Å²) in [5, 5.41) is 11.0. The van der Waals surface area contributed by atoms with Gasteiger partial charge in [-0.15, -0.1) is 11.3 Å². The number of carboxylic acid groups (broad SMARTS) is 1. The first-order chi connectivity index (χ1) is 8.02. The summed E-state index contributed by atoms with van der Waals surface area (Å²) in [6.45, 7) is 2.50. The molecule has 0 unspecified atom stereocenters. The van der Waals surface area contributed by atoms with E-state index in [0.717, 1.165) is 15.6 Å². The molecule has 1 fully saturated rings. The third-order valence-corrected chi connectivity index (χ3v) is 5.73. The zero-order chi connectivity index (χ0) is 12.6. The van der Waals surface area contributed by atoms with Gasteiger partial charge >= 0.3 is 5.97 Å². The van der Waals surface area contributed by atoms with Crippen molar-refractivity contribution in [3.63, 3.8) is 0 Å². The van der Waals surface area contributed by atoms with Crippen molar-refractivity contribution in [2.24, 2.45) is 0 Å². The smallest absolute Gasteiger partial charge is 0.326 e. The summed E-state index contributed by atoms with van der Waals surface area (Å²) < 4.78 is 0.939. The summed E-state index contributed by atoms with van der Waals surface area (Å²) in [5.74, 6) is -1.04. The monoisotopic (exact) mass is 365 g/mol. The molecular weight excluding hydrogens is 353 g/mol. The average molecular weight is 365 g/mol. The molecule has 17 heavy (non-hydrogen) atoms. The fourth-order valence-corrected chi connectivity index (χ4v) is 3.85. The highest BCUT2D eigenvalue weighted by Crippen LogP contribution is 2.28. The van der Waals surface area contributed by atoms with Crippen molar-refractivity contribution < 1.29 is 14.7 Å². The molecule has 0 aliphatic carbocycles. The Bertz CT molecular complexity index is 471. The first kappa shape index (κ1) is 12.8. The number of halogens is 1. The van der Waals surface area contributed by atoms with Crippen molar-refractivity contribution in [2.75, 3.05) is 6.54 Å². The highest BCUT2D eigenvalue weighted by molar-refractivity contribution is 14.1. The number of thiophene rings is 1. The van der Waals surface area contributed by atoms with E-state index in [2.05, 4.69) is 22.6 Å². The molecule has 92 valence electrons. The van der Waals surface area contributed by atoms with Gasteiger partial charge in [0, 0.05) is 10.1 Å². The first-order valence-electron chi connectivity index (χ1n) is 5.29. The molecule has 6 heteroatoms. The molecule has 0 spiro atoms. The number of nitrogens with zero attached hydrogens (tertiary/aromatic N) is 1. The maximum atomic E-state index is 12.3. The van der Waals surface area contributed by atoms with E-state index in [1.54, 1.807) is 0 Å². The summed E-state index contributed by atoms with van der Waals surface area (Å²) in [4.78, 5) is 25.5. The molecule has 1 aliphatic heterocycles. The Labute approximate surface area is 117 Å². The second kappa shape index (κ2) is 4.93. The predicted octanol–water partition coefficient (Wildman–Crippen LogP) is 2.35. The van der Waals surface area contributed by atoms with Crippen LogP contribution in [0.5, 0.6) is 0 Å². The molecule has 0 bridgehead atoms. The summed E-state index contributed by atoms with van der Waals surface area (Å²) in [6, 6.07) is -0.652. The second-order valence-electron chi connectivity index (χ2n) is 4.06. The number of likely N-dealkylation sites (tertiary alicyclic amines) is 1. The summed E-state index contributed by atoms with van der Waals surface area (Å²) >= 11 is 3.53. The van der Waals surface area contributed by atoms with Crippen LogP contribution in [0.15, 0.2) is 5.38 Å². The molecule has 1 atom stereocenters.